The number of carbonyl (C=O) groups excluding carboxylic acids is 1. The zero-order valence-corrected chi connectivity index (χ0v) is 14.2. The van der Waals surface area contributed by atoms with Gasteiger partial charge in [0, 0.05) is 16.7 Å². The number of phenols is 1. The molecule has 0 saturated heterocycles. The van der Waals surface area contributed by atoms with Gasteiger partial charge >= 0.3 is 7.60 Å². The monoisotopic (exact) mass is 314 g/mol. The van der Waals surface area contributed by atoms with E-state index in [1.807, 2.05) is 20.8 Å². The summed E-state index contributed by atoms with van der Waals surface area (Å²) in [6, 6.07) is 1.37. The summed E-state index contributed by atoms with van der Waals surface area (Å²) < 4.78 is 11.8. The maximum atomic E-state index is 11.8. The molecule has 0 fully saturated rings. The molecule has 6 heteroatoms. The van der Waals surface area contributed by atoms with Crippen LogP contribution >= 0.6 is 7.60 Å². The molecule has 3 N–H and O–H groups in total. The molecule has 1 aromatic carbocycles. The summed E-state index contributed by atoms with van der Waals surface area (Å²) in [5.74, 6) is -0.154. The molecule has 0 saturated carbocycles. The number of carbonyl (C=O) groups is 1. The maximum Gasteiger partial charge on any atom is 0.357 e. The van der Waals surface area contributed by atoms with Crippen LogP contribution in [0.25, 0.3) is 0 Å². The normalized spacial score (nSPS) is 13.3. The summed E-state index contributed by atoms with van der Waals surface area (Å²) in [4.78, 5) is 30.5. The van der Waals surface area contributed by atoms with Crippen LogP contribution in [-0.2, 0) is 15.4 Å². The van der Waals surface area contributed by atoms with Crippen LogP contribution in [-0.4, -0.2) is 21.2 Å². The summed E-state index contributed by atoms with van der Waals surface area (Å²) in [5, 5.41) is 10.2. The zero-order chi connectivity index (χ0) is 16.8. The van der Waals surface area contributed by atoms with Gasteiger partial charge in [-0.25, -0.2) is 0 Å². The Morgan fingerprint density at radius 3 is 1.81 bits per heavy atom. The van der Waals surface area contributed by atoms with E-state index < -0.39 is 18.4 Å². The number of benzene rings is 1. The van der Waals surface area contributed by atoms with Crippen LogP contribution in [0, 0.1) is 0 Å². The van der Waals surface area contributed by atoms with Crippen molar-refractivity contribution in [1.29, 1.82) is 0 Å². The molecule has 0 atom stereocenters. The summed E-state index contributed by atoms with van der Waals surface area (Å²) in [6.45, 7) is 10.8. The Bertz CT molecular complexity index is 614. The Hall–Kier alpha value is -1.16. The van der Waals surface area contributed by atoms with E-state index in [2.05, 4.69) is 0 Å². The van der Waals surface area contributed by atoms with Crippen molar-refractivity contribution in [3.8, 4) is 5.75 Å². The highest BCUT2D eigenvalue weighted by atomic mass is 31.2. The van der Waals surface area contributed by atoms with Crippen molar-refractivity contribution in [3.63, 3.8) is 0 Å². The standard InChI is InChI=1S/C15H23O5P/c1-14(2,3)10-7-9(8-16)13(21(18,19)20)11(12(10)17)15(4,5)6/h7-8,17H,1-6H3,(H2,18,19,20). The highest BCUT2D eigenvalue weighted by Crippen LogP contribution is 2.46. The Kier molecular flexibility index (Phi) is 4.46. The Morgan fingerprint density at radius 2 is 1.52 bits per heavy atom. The molecule has 0 spiro atoms. The fourth-order valence-electron chi connectivity index (χ4n) is 2.37. The smallest absolute Gasteiger partial charge is 0.357 e. The Labute approximate surface area is 125 Å². The van der Waals surface area contributed by atoms with Crippen molar-refractivity contribution in [2.45, 2.75) is 52.4 Å². The van der Waals surface area contributed by atoms with Gasteiger partial charge in [-0.3, -0.25) is 9.36 Å². The van der Waals surface area contributed by atoms with Crippen molar-refractivity contribution in [2.75, 3.05) is 0 Å². The predicted molar refractivity (Wildman–Crippen MR) is 82.6 cm³/mol. The molecule has 1 aromatic rings. The van der Waals surface area contributed by atoms with Gasteiger partial charge in [-0.05, 0) is 16.9 Å². The fraction of sp³-hybridized carbons (Fsp3) is 0.533. The van der Waals surface area contributed by atoms with Crippen LogP contribution in [0.15, 0.2) is 6.07 Å². The van der Waals surface area contributed by atoms with Gasteiger partial charge in [0.25, 0.3) is 0 Å². The number of rotatable bonds is 2. The minimum atomic E-state index is -4.70. The van der Waals surface area contributed by atoms with E-state index in [1.165, 1.54) is 6.07 Å². The molecule has 1 rings (SSSR count). The van der Waals surface area contributed by atoms with Crippen molar-refractivity contribution >= 4 is 19.2 Å². The lowest BCUT2D eigenvalue weighted by molar-refractivity contribution is 0.112. The van der Waals surface area contributed by atoms with E-state index in [0.29, 0.717) is 11.8 Å². The summed E-state index contributed by atoms with van der Waals surface area (Å²) in [7, 11) is -4.70. The van der Waals surface area contributed by atoms with Gasteiger partial charge < -0.3 is 14.9 Å². The van der Waals surface area contributed by atoms with E-state index in [0.717, 1.165) is 0 Å². The molecule has 0 radical (unpaired) electrons. The Balaban J connectivity index is 4.04. The van der Waals surface area contributed by atoms with Gasteiger partial charge in [0.15, 0.2) is 6.29 Å². The lowest BCUT2D eigenvalue weighted by Crippen LogP contribution is -2.28. The van der Waals surface area contributed by atoms with Crippen LogP contribution in [0.5, 0.6) is 5.75 Å². The lowest BCUT2D eigenvalue weighted by atomic mass is 9.78. The molecule has 0 unspecified atom stereocenters. The third-order valence-electron chi connectivity index (χ3n) is 3.28. The molecule has 0 aliphatic carbocycles. The molecule has 0 aromatic heterocycles. The van der Waals surface area contributed by atoms with Crippen molar-refractivity contribution < 1.29 is 24.3 Å². The van der Waals surface area contributed by atoms with E-state index in [9.17, 15) is 24.3 Å². The molecule has 21 heavy (non-hydrogen) atoms. The van der Waals surface area contributed by atoms with Gasteiger partial charge in [0.2, 0.25) is 0 Å². The molecular weight excluding hydrogens is 291 g/mol. The second-order valence-electron chi connectivity index (χ2n) is 7.25. The van der Waals surface area contributed by atoms with Crippen LogP contribution in [0.1, 0.15) is 63.0 Å². The highest BCUT2D eigenvalue weighted by Gasteiger charge is 2.36. The maximum absolute atomic E-state index is 11.8. The summed E-state index contributed by atoms with van der Waals surface area (Å²) >= 11 is 0. The summed E-state index contributed by atoms with van der Waals surface area (Å²) in [6.07, 6.45) is 0.429. The van der Waals surface area contributed by atoms with Gasteiger partial charge in [-0.1, -0.05) is 41.5 Å². The molecule has 0 heterocycles. The average molecular weight is 314 g/mol. The van der Waals surface area contributed by atoms with E-state index >= 15 is 0 Å². The third kappa shape index (κ3) is 3.54. The minimum Gasteiger partial charge on any atom is -0.507 e. The number of aldehydes is 1. The van der Waals surface area contributed by atoms with E-state index in [-0.39, 0.29) is 22.2 Å². The number of aromatic hydroxyl groups is 1. The third-order valence-corrected chi connectivity index (χ3v) is 4.34. The van der Waals surface area contributed by atoms with Gasteiger partial charge in [0.1, 0.15) is 5.75 Å². The molecule has 0 aliphatic heterocycles. The molecule has 0 amide bonds. The van der Waals surface area contributed by atoms with E-state index in [4.69, 9.17) is 0 Å². The van der Waals surface area contributed by atoms with Crippen molar-refractivity contribution in [1.82, 2.24) is 0 Å². The highest BCUT2D eigenvalue weighted by molar-refractivity contribution is 7.60. The van der Waals surface area contributed by atoms with Crippen LogP contribution < -0.4 is 5.30 Å². The first kappa shape index (κ1) is 17.9. The fourth-order valence-corrected chi connectivity index (χ4v) is 3.56. The zero-order valence-electron chi connectivity index (χ0n) is 13.3. The van der Waals surface area contributed by atoms with Gasteiger partial charge in [0.05, 0.1) is 5.30 Å². The van der Waals surface area contributed by atoms with Crippen LogP contribution in [0.4, 0.5) is 0 Å². The number of hydrogen-bond acceptors (Lipinski definition) is 3. The molecule has 0 aliphatic rings. The van der Waals surface area contributed by atoms with Crippen LogP contribution in [0.3, 0.4) is 0 Å². The first-order valence-corrected chi connectivity index (χ1v) is 8.24. The number of hydrogen-bond donors (Lipinski definition) is 3. The summed E-state index contributed by atoms with van der Waals surface area (Å²) in [5.41, 5.74) is -0.637. The quantitative estimate of drug-likeness (QED) is 0.576. The van der Waals surface area contributed by atoms with Crippen molar-refractivity contribution in [3.05, 3.63) is 22.8 Å². The second kappa shape index (κ2) is 5.24. The molecular formula is C15H23O5P. The van der Waals surface area contributed by atoms with E-state index in [1.54, 1.807) is 20.8 Å². The van der Waals surface area contributed by atoms with Crippen molar-refractivity contribution in [2.24, 2.45) is 0 Å². The lowest BCUT2D eigenvalue weighted by Gasteiger charge is -2.30. The SMILES string of the molecule is CC(C)(C)c1cc(C=O)c(P(=O)(O)O)c(C(C)(C)C)c1O. The Morgan fingerprint density at radius 1 is 1.05 bits per heavy atom. The van der Waals surface area contributed by atoms with Gasteiger partial charge in [-0.15, -0.1) is 0 Å². The first-order valence-electron chi connectivity index (χ1n) is 6.63. The molecule has 0 bridgehead atoms. The topological polar surface area (TPSA) is 94.8 Å². The van der Waals surface area contributed by atoms with Gasteiger partial charge in [-0.2, -0.15) is 0 Å². The van der Waals surface area contributed by atoms with Crippen LogP contribution in [0.2, 0.25) is 0 Å². The second-order valence-corrected chi connectivity index (χ2v) is 8.78. The molecule has 118 valence electrons. The first-order chi connectivity index (χ1) is 9.21. The predicted octanol–water partition coefficient (Wildman–Crippen LogP) is 2.60. The average Bonchev–Trinajstić information content (AvgIpc) is 2.23. The minimum absolute atomic E-state index is 0.0732. The largest absolute Gasteiger partial charge is 0.507 e. The number of phenolic OH excluding ortho intramolecular Hbond substituents is 1. The molecule has 5 nitrogen and oxygen atoms in total.